The Morgan fingerprint density at radius 3 is 2.26 bits per heavy atom. The number of ether oxygens (including phenoxy) is 3. The predicted molar refractivity (Wildman–Crippen MR) is 200 cm³/mol. The van der Waals surface area contributed by atoms with E-state index < -0.39 is 36.0 Å². The van der Waals surface area contributed by atoms with Gasteiger partial charge in [0.25, 0.3) is 5.91 Å². The Morgan fingerprint density at radius 2 is 1.55 bits per heavy atom. The molecule has 2 aliphatic rings. The first-order chi connectivity index (χ1) is 25.9. The van der Waals surface area contributed by atoms with Gasteiger partial charge in [-0.3, -0.25) is 14.4 Å². The van der Waals surface area contributed by atoms with Crippen LogP contribution in [0.2, 0.25) is 0 Å². The molecule has 2 amide bonds. The number of fused-ring (bicyclic) bond motifs is 1. The molecular formula is C43H46N2O8. The Hall–Kier alpha value is -5.48. The number of benzene rings is 4. The number of nitrogens with zero attached hydrogens (tertiary/aromatic N) is 1. The van der Waals surface area contributed by atoms with Crippen LogP contribution in [-0.2, 0) is 19.1 Å². The number of amides is 2. The molecule has 6 rings (SSSR count). The molecule has 3 atom stereocenters. The van der Waals surface area contributed by atoms with Crippen LogP contribution < -0.4 is 15.0 Å². The maximum atomic E-state index is 14.6. The van der Waals surface area contributed by atoms with Gasteiger partial charge in [0, 0.05) is 30.1 Å². The van der Waals surface area contributed by atoms with Gasteiger partial charge in [-0.1, -0.05) is 86.0 Å². The maximum absolute atomic E-state index is 14.6. The number of aliphatic hydroxyl groups is 1. The minimum atomic E-state index is -1.23. The van der Waals surface area contributed by atoms with E-state index in [1.807, 2.05) is 42.5 Å². The average Bonchev–Trinajstić information content (AvgIpc) is 3.20. The lowest BCUT2D eigenvalue weighted by Crippen LogP contribution is -2.59. The molecular weight excluding hydrogens is 672 g/mol. The highest BCUT2D eigenvalue weighted by atomic mass is 16.5. The van der Waals surface area contributed by atoms with Crippen LogP contribution in [0.25, 0.3) is 11.1 Å². The van der Waals surface area contributed by atoms with Crippen LogP contribution in [0.1, 0.15) is 84.2 Å². The lowest BCUT2D eigenvalue weighted by molar-refractivity contribution is -0.144. The Bertz CT molecular complexity index is 1880. The molecule has 10 heteroatoms. The molecule has 1 heterocycles. The Kier molecular flexibility index (Phi) is 12.5. The first kappa shape index (κ1) is 37.3. The number of esters is 2. The van der Waals surface area contributed by atoms with Crippen molar-refractivity contribution < 1.29 is 38.5 Å². The smallest absolute Gasteiger partial charge is 0.339 e. The van der Waals surface area contributed by atoms with E-state index in [-0.39, 0.29) is 38.1 Å². The van der Waals surface area contributed by atoms with Gasteiger partial charge in [0.15, 0.2) is 0 Å². The maximum Gasteiger partial charge on any atom is 0.339 e. The van der Waals surface area contributed by atoms with Crippen LogP contribution in [0.5, 0.6) is 5.75 Å². The zero-order valence-electron chi connectivity index (χ0n) is 29.9. The number of rotatable bonds is 13. The lowest BCUT2D eigenvalue weighted by Gasteiger charge is -2.46. The summed E-state index contributed by atoms with van der Waals surface area (Å²) in [6, 6.07) is 28.4. The summed E-state index contributed by atoms with van der Waals surface area (Å²) in [5.41, 5.74) is 3.04. The third-order valence-electron chi connectivity index (χ3n) is 9.87. The number of hydrogen-bond acceptors (Lipinski definition) is 8. The molecule has 4 aromatic rings. The van der Waals surface area contributed by atoms with Crippen molar-refractivity contribution in [2.75, 3.05) is 24.7 Å². The fourth-order valence-corrected chi connectivity index (χ4v) is 7.31. The molecule has 0 saturated heterocycles. The molecule has 10 nitrogen and oxygen atoms in total. The monoisotopic (exact) mass is 718 g/mol. The quantitative estimate of drug-likeness (QED) is 0.111. The van der Waals surface area contributed by atoms with Crippen molar-refractivity contribution in [2.45, 2.75) is 70.1 Å². The summed E-state index contributed by atoms with van der Waals surface area (Å²) in [5.74, 6) is -1.65. The zero-order chi connectivity index (χ0) is 37.2. The van der Waals surface area contributed by atoms with Crippen molar-refractivity contribution in [2.24, 2.45) is 5.92 Å². The fraction of sp³-hybridized carbons (Fsp3) is 0.349. The minimum absolute atomic E-state index is 0.0532. The third kappa shape index (κ3) is 8.77. The molecule has 276 valence electrons. The van der Waals surface area contributed by atoms with Crippen molar-refractivity contribution in [1.82, 2.24) is 5.32 Å². The van der Waals surface area contributed by atoms with Gasteiger partial charge < -0.3 is 29.5 Å². The summed E-state index contributed by atoms with van der Waals surface area (Å²) in [6.45, 7) is 1.99. The number of aliphatic hydroxyl groups excluding tert-OH is 1. The molecule has 0 bridgehead atoms. The topological polar surface area (TPSA) is 131 Å². The number of nitrogens with one attached hydrogen (secondary N) is 1. The van der Waals surface area contributed by atoms with Gasteiger partial charge in [-0.15, -0.1) is 0 Å². The third-order valence-corrected chi connectivity index (χ3v) is 9.87. The van der Waals surface area contributed by atoms with Gasteiger partial charge in [0.05, 0.1) is 43.0 Å². The number of carbonyl (C=O) groups excluding carboxylic acids is 4. The second kappa shape index (κ2) is 17.8. The van der Waals surface area contributed by atoms with E-state index in [4.69, 9.17) is 14.2 Å². The van der Waals surface area contributed by atoms with E-state index in [9.17, 15) is 24.3 Å². The average molecular weight is 719 g/mol. The summed E-state index contributed by atoms with van der Waals surface area (Å²) in [4.78, 5) is 58.1. The van der Waals surface area contributed by atoms with Gasteiger partial charge in [0.2, 0.25) is 5.91 Å². The Balaban J connectivity index is 1.51. The number of hydrogen-bond donors (Lipinski definition) is 2. The number of anilines is 1. The molecule has 1 aliphatic heterocycles. The van der Waals surface area contributed by atoms with Crippen molar-refractivity contribution >= 4 is 29.4 Å². The van der Waals surface area contributed by atoms with Crippen LogP contribution in [-0.4, -0.2) is 60.8 Å². The molecule has 0 aromatic heterocycles. The molecule has 2 N–H and O–H groups in total. The van der Waals surface area contributed by atoms with Crippen molar-refractivity contribution in [1.29, 1.82) is 0 Å². The van der Waals surface area contributed by atoms with E-state index in [1.54, 1.807) is 67.6 Å². The largest absolute Gasteiger partial charge is 0.493 e. The highest BCUT2D eigenvalue weighted by Gasteiger charge is 2.48. The van der Waals surface area contributed by atoms with Crippen LogP contribution in [0.3, 0.4) is 0 Å². The summed E-state index contributed by atoms with van der Waals surface area (Å²) in [7, 11) is 0. The lowest BCUT2D eigenvalue weighted by atomic mass is 9.84. The van der Waals surface area contributed by atoms with Crippen molar-refractivity contribution in [3.05, 3.63) is 120 Å². The van der Waals surface area contributed by atoms with Crippen molar-refractivity contribution in [3.8, 4) is 16.9 Å². The Labute approximate surface area is 310 Å². The second-order valence-corrected chi connectivity index (χ2v) is 13.4. The van der Waals surface area contributed by atoms with Crippen LogP contribution >= 0.6 is 0 Å². The molecule has 53 heavy (non-hydrogen) atoms. The van der Waals surface area contributed by atoms with E-state index >= 15 is 0 Å². The molecule has 0 unspecified atom stereocenters. The summed E-state index contributed by atoms with van der Waals surface area (Å²) < 4.78 is 17.9. The SMILES string of the molecule is CCOC(=O)C[C@H]1[C@H](OC(=O)c2ccccc2-c2ccccc2)[C@@H](NC(=O)C2CCCCC2)c2cc(OCCCO)ccc2N1C(=O)c1ccccc1. The minimum Gasteiger partial charge on any atom is -0.493 e. The predicted octanol–water partition coefficient (Wildman–Crippen LogP) is 7.06. The normalized spacial score (nSPS) is 18.4. The Morgan fingerprint density at radius 1 is 0.849 bits per heavy atom. The molecule has 0 spiro atoms. The van der Waals surface area contributed by atoms with Gasteiger partial charge in [-0.25, -0.2) is 4.79 Å². The number of carbonyl (C=O) groups is 4. The van der Waals surface area contributed by atoms with E-state index in [0.29, 0.717) is 40.1 Å². The molecule has 1 saturated carbocycles. The summed E-state index contributed by atoms with van der Waals surface area (Å²) in [5, 5.41) is 12.6. The van der Waals surface area contributed by atoms with E-state index in [2.05, 4.69) is 5.32 Å². The second-order valence-electron chi connectivity index (χ2n) is 13.4. The van der Waals surface area contributed by atoms with Gasteiger partial charge in [-0.2, -0.15) is 0 Å². The molecule has 1 aliphatic carbocycles. The standard InChI is InChI=1S/C43H46N2O8/c1-2-51-38(47)28-37-40(53-43(50)34-22-13-12-21-33(34)29-15-6-3-7-16-29)39(44-41(48)30-17-8-4-9-18-30)35-27-32(52-26-14-25-46)23-24-36(35)45(37)42(49)31-19-10-5-11-20-31/h3,5-7,10-13,15-16,19-24,27,30,37,39-40,46H,2,4,8-9,14,17-18,25-26,28H2,1H3,(H,44,48)/t37-,39-,40-/m0/s1. The van der Waals surface area contributed by atoms with Crippen LogP contribution in [0, 0.1) is 5.92 Å². The van der Waals surface area contributed by atoms with E-state index in [1.165, 1.54) is 4.90 Å². The van der Waals surface area contributed by atoms with Crippen LogP contribution in [0.4, 0.5) is 5.69 Å². The first-order valence-electron chi connectivity index (χ1n) is 18.5. The highest BCUT2D eigenvalue weighted by Crippen LogP contribution is 2.44. The summed E-state index contributed by atoms with van der Waals surface area (Å²) in [6.07, 6.45) is 3.25. The van der Waals surface area contributed by atoms with Gasteiger partial charge >= 0.3 is 11.9 Å². The van der Waals surface area contributed by atoms with Gasteiger partial charge in [0.1, 0.15) is 11.9 Å². The van der Waals surface area contributed by atoms with Crippen molar-refractivity contribution in [3.63, 3.8) is 0 Å². The fourth-order valence-electron chi connectivity index (χ4n) is 7.31. The molecule has 4 aromatic carbocycles. The highest BCUT2D eigenvalue weighted by molar-refractivity contribution is 6.08. The first-order valence-corrected chi connectivity index (χ1v) is 18.5. The molecule has 1 fully saturated rings. The zero-order valence-corrected chi connectivity index (χ0v) is 29.9. The summed E-state index contributed by atoms with van der Waals surface area (Å²) >= 11 is 0. The van der Waals surface area contributed by atoms with Crippen LogP contribution in [0.15, 0.2) is 103 Å². The van der Waals surface area contributed by atoms with Gasteiger partial charge in [-0.05, 0) is 67.3 Å². The van der Waals surface area contributed by atoms with E-state index in [0.717, 1.165) is 37.7 Å². The molecule has 0 radical (unpaired) electrons.